The fraction of sp³-hybridized carbons (Fsp3) is 0.211. The zero-order valence-electron chi connectivity index (χ0n) is 29.6. The molecule has 15 nitrogen and oxygen atoms in total. The number of carbonyl (C=O) groups is 4. The lowest BCUT2D eigenvalue weighted by molar-refractivity contribution is -0.757. The van der Waals surface area contributed by atoms with Crippen LogP contribution >= 0.6 is 24.4 Å². The molecule has 4 rings (SSSR count). The molecule has 4 aromatic rings. The summed E-state index contributed by atoms with van der Waals surface area (Å²) >= 11 is 10.2. The SMILES string of the molecule is CCCCC(=O)Oc1ccc(N=Nc2ccc(OC(=O)CCCO[N+](=O)[O-])c(C(=O)Oc3ccc(C(C)=S)cc3)c2)cc1C(=O)Oc1ccc(C(N)=S)cc1. The number of benzene rings is 4. The van der Waals surface area contributed by atoms with Crippen molar-refractivity contribution in [3.8, 4) is 23.0 Å². The van der Waals surface area contributed by atoms with E-state index in [0.717, 1.165) is 12.0 Å². The van der Waals surface area contributed by atoms with Gasteiger partial charge >= 0.3 is 23.9 Å². The second-order valence-corrected chi connectivity index (χ2v) is 12.6. The minimum atomic E-state index is -0.975. The van der Waals surface area contributed by atoms with Crippen molar-refractivity contribution in [2.45, 2.75) is 46.0 Å². The van der Waals surface area contributed by atoms with Crippen LogP contribution in [0.15, 0.2) is 95.2 Å². The molecule has 0 radical (unpaired) electrons. The van der Waals surface area contributed by atoms with E-state index < -0.39 is 29.0 Å². The zero-order valence-corrected chi connectivity index (χ0v) is 31.2. The van der Waals surface area contributed by atoms with Crippen LogP contribution in [-0.4, -0.2) is 45.4 Å². The lowest BCUT2D eigenvalue weighted by Gasteiger charge is -2.12. The Labute approximate surface area is 325 Å². The number of nitrogens with zero attached hydrogens (tertiary/aromatic N) is 3. The van der Waals surface area contributed by atoms with Gasteiger partial charge in [0.25, 0.3) is 5.09 Å². The van der Waals surface area contributed by atoms with E-state index in [0.29, 0.717) is 16.8 Å². The Hall–Kier alpha value is -6.46. The largest absolute Gasteiger partial charge is 0.426 e. The van der Waals surface area contributed by atoms with Gasteiger partial charge in [-0.05, 0) is 98.1 Å². The van der Waals surface area contributed by atoms with Crippen molar-refractivity contribution in [3.63, 3.8) is 0 Å². The van der Waals surface area contributed by atoms with Crippen molar-refractivity contribution in [3.05, 3.63) is 117 Å². The number of carbonyl (C=O) groups excluding carboxylic acids is 4. The van der Waals surface area contributed by atoms with Crippen LogP contribution in [0.4, 0.5) is 11.4 Å². The maximum atomic E-state index is 13.4. The highest BCUT2D eigenvalue weighted by Crippen LogP contribution is 2.31. The van der Waals surface area contributed by atoms with Gasteiger partial charge in [-0.15, -0.1) is 10.1 Å². The first-order valence-electron chi connectivity index (χ1n) is 16.7. The van der Waals surface area contributed by atoms with Gasteiger partial charge in [-0.3, -0.25) is 9.59 Å². The molecule has 0 bridgehead atoms. The lowest BCUT2D eigenvalue weighted by Crippen LogP contribution is -2.15. The minimum Gasteiger partial charge on any atom is -0.426 e. The predicted octanol–water partition coefficient (Wildman–Crippen LogP) is 7.90. The van der Waals surface area contributed by atoms with Crippen molar-refractivity contribution in [2.24, 2.45) is 16.0 Å². The highest BCUT2D eigenvalue weighted by molar-refractivity contribution is 7.81. The normalized spacial score (nSPS) is 10.7. The molecule has 17 heteroatoms. The summed E-state index contributed by atoms with van der Waals surface area (Å²) in [6.07, 6.45) is 1.23. The third kappa shape index (κ3) is 12.9. The molecule has 0 aromatic heterocycles. The van der Waals surface area contributed by atoms with E-state index in [4.69, 9.17) is 49.1 Å². The Kier molecular flexibility index (Phi) is 15.1. The monoisotopic (exact) mass is 786 g/mol. The number of hydrogen-bond donors (Lipinski definition) is 1. The molecule has 0 atom stereocenters. The summed E-state index contributed by atoms with van der Waals surface area (Å²) in [6.45, 7) is 3.35. The molecule has 0 heterocycles. The Morgan fingerprint density at radius 3 is 1.56 bits per heavy atom. The highest BCUT2D eigenvalue weighted by atomic mass is 32.1. The maximum absolute atomic E-state index is 13.4. The van der Waals surface area contributed by atoms with E-state index in [1.807, 2.05) is 6.92 Å². The van der Waals surface area contributed by atoms with E-state index >= 15 is 0 Å². The molecular weight excluding hydrogens is 753 g/mol. The first-order chi connectivity index (χ1) is 26.3. The average Bonchev–Trinajstić information content (AvgIpc) is 3.16. The van der Waals surface area contributed by atoms with Crippen LogP contribution in [0.25, 0.3) is 0 Å². The van der Waals surface area contributed by atoms with Crippen LogP contribution in [0, 0.1) is 10.1 Å². The number of esters is 4. The topological polar surface area (TPSA) is 208 Å². The Bertz CT molecular complexity index is 2120. The Balaban J connectivity index is 1.62. The summed E-state index contributed by atoms with van der Waals surface area (Å²) in [4.78, 5) is 67.2. The van der Waals surface area contributed by atoms with Crippen LogP contribution in [0.3, 0.4) is 0 Å². The summed E-state index contributed by atoms with van der Waals surface area (Å²) in [7, 11) is 0. The molecule has 0 unspecified atom stereocenters. The van der Waals surface area contributed by atoms with E-state index in [1.54, 1.807) is 43.3 Å². The van der Waals surface area contributed by atoms with E-state index in [9.17, 15) is 29.3 Å². The van der Waals surface area contributed by atoms with Crippen LogP contribution < -0.4 is 24.7 Å². The molecule has 0 aliphatic heterocycles. The molecule has 0 amide bonds. The van der Waals surface area contributed by atoms with Crippen molar-refractivity contribution in [1.82, 2.24) is 0 Å². The molecule has 0 spiro atoms. The van der Waals surface area contributed by atoms with Crippen LogP contribution in [0.1, 0.15) is 77.8 Å². The number of nitrogens with two attached hydrogens (primary N) is 1. The Morgan fingerprint density at radius 2 is 1.15 bits per heavy atom. The van der Waals surface area contributed by atoms with E-state index in [2.05, 4.69) is 15.1 Å². The van der Waals surface area contributed by atoms with Crippen molar-refractivity contribution >= 4 is 69.5 Å². The number of thiocarbonyl (C=S) groups is 2. The molecule has 0 fully saturated rings. The van der Waals surface area contributed by atoms with Gasteiger partial charge in [0.2, 0.25) is 0 Å². The molecule has 2 N–H and O–H groups in total. The molecule has 55 heavy (non-hydrogen) atoms. The van der Waals surface area contributed by atoms with Gasteiger partial charge in [-0.1, -0.05) is 49.9 Å². The molecule has 4 aromatic carbocycles. The quantitative estimate of drug-likeness (QED) is 0.0149. The fourth-order valence-corrected chi connectivity index (χ4v) is 4.84. The van der Waals surface area contributed by atoms with E-state index in [-0.39, 0.29) is 76.4 Å². The number of ether oxygens (including phenoxy) is 4. The van der Waals surface area contributed by atoms with Crippen molar-refractivity contribution < 1.29 is 48.0 Å². The first kappa shape index (κ1) is 41.3. The number of unbranched alkanes of at least 4 members (excludes halogenated alkanes) is 1. The molecular formula is C38H34N4O11S2. The number of hydrogen-bond acceptors (Lipinski definition) is 15. The standard InChI is InChI=1S/C38H34N4O11S2/c1-3-4-6-34(43)52-32-18-12-26(21-30(32)38(46)51-29-16-10-25(11-17-29)36(39)55)40-41-27-13-19-33(53-35(44)7-5-20-49-42(47)48)31(22-27)37(45)50-28-14-8-24(9-15-28)23(2)54/h8-19,21-22H,3-7,20H2,1-2H3,(H2,39,55). The summed E-state index contributed by atoms with van der Waals surface area (Å²) in [5.41, 5.74) is 6.94. The van der Waals surface area contributed by atoms with E-state index in [1.165, 1.54) is 48.5 Å². The summed E-state index contributed by atoms with van der Waals surface area (Å²) in [5.74, 6) is -2.95. The average molecular weight is 787 g/mol. The second-order valence-electron chi connectivity index (χ2n) is 11.5. The minimum absolute atomic E-state index is 0.0149. The fourth-order valence-electron chi connectivity index (χ4n) is 4.57. The smallest absolute Gasteiger partial charge is 0.347 e. The zero-order chi connectivity index (χ0) is 39.9. The third-order valence-corrected chi connectivity index (χ3v) is 7.84. The maximum Gasteiger partial charge on any atom is 0.347 e. The second kappa shape index (κ2) is 20.1. The van der Waals surface area contributed by atoms with Gasteiger partial charge in [-0.25, -0.2) is 9.59 Å². The van der Waals surface area contributed by atoms with Crippen LogP contribution in [0.2, 0.25) is 0 Å². The van der Waals surface area contributed by atoms with Gasteiger partial charge in [0, 0.05) is 23.3 Å². The molecule has 284 valence electrons. The predicted molar refractivity (Wildman–Crippen MR) is 206 cm³/mol. The van der Waals surface area contributed by atoms with Crippen LogP contribution in [0.5, 0.6) is 23.0 Å². The van der Waals surface area contributed by atoms with Crippen molar-refractivity contribution in [1.29, 1.82) is 0 Å². The Morgan fingerprint density at radius 1 is 0.691 bits per heavy atom. The molecule has 0 saturated carbocycles. The molecule has 0 aliphatic carbocycles. The summed E-state index contributed by atoms with van der Waals surface area (Å²) in [6, 6.07) is 20.8. The van der Waals surface area contributed by atoms with Crippen LogP contribution in [-0.2, 0) is 14.4 Å². The summed E-state index contributed by atoms with van der Waals surface area (Å²) in [5, 5.41) is 17.8. The lowest BCUT2D eigenvalue weighted by atomic mass is 10.1. The third-order valence-electron chi connectivity index (χ3n) is 7.37. The molecule has 0 saturated heterocycles. The summed E-state index contributed by atoms with van der Waals surface area (Å²) < 4.78 is 21.9. The number of rotatable bonds is 18. The van der Waals surface area contributed by atoms with Gasteiger partial charge in [0.15, 0.2) is 0 Å². The highest BCUT2D eigenvalue weighted by Gasteiger charge is 2.21. The van der Waals surface area contributed by atoms with Gasteiger partial charge in [-0.2, -0.15) is 10.2 Å². The van der Waals surface area contributed by atoms with Gasteiger partial charge < -0.3 is 29.5 Å². The van der Waals surface area contributed by atoms with Crippen molar-refractivity contribution in [2.75, 3.05) is 6.61 Å². The first-order valence-corrected chi connectivity index (χ1v) is 17.5. The van der Waals surface area contributed by atoms with Gasteiger partial charge in [0.05, 0.1) is 18.0 Å². The molecule has 0 aliphatic rings. The van der Waals surface area contributed by atoms with Gasteiger partial charge in [0.1, 0.15) is 39.1 Å². The number of azo groups is 1.